The SMILES string of the molecule is O=C(c1ccnc(OCC(F)F)c1)N1CCC(n2ccnn2)CC1. The Morgan fingerprint density at radius 3 is 2.79 bits per heavy atom. The third-order valence-corrected chi connectivity index (χ3v) is 3.91. The lowest BCUT2D eigenvalue weighted by Crippen LogP contribution is -2.39. The Morgan fingerprint density at radius 1 is 1.33 bits per heavy atom. The van der Waals surface area contributed by atoms with Crippen molar-refractivity contribution < 1.29 is 18.3 Å². The summed E-state index contributed by atoms with van der Waals surface area (Å²) in [5, 5.41) is 7.79. The monoisotopic (exact) mass is 337 g/mol. The zero-order valence-corrected chi connectivity index (χ0v) is 12.9. The minimum atomic E-state index is -2.58. The van der Waals surface area contributed by atoms with E-state index in [1.54, 1.807) is 17.2 Å². The molecule has 128 valence electrons. The van der Waals surface area contributed by atoms with Crippen molar-refractivity contribution in [3.63, 3.8) is 0 Å². The highest BCUT2D eigenvalue weighted by molar-refractivity contribution is 5.94. The quantitative estimate of drug-likeness (QED) is 0.832. The number of ether oxygens (including phenoxy) is 1. The summed E-state index contributed by atoms with van der Waals surface area (Å²) in [5.74, 6) is -0.130. The van der Waals surface area contributed by atoms with Gasteiger partial charge in [-0.25, -0.2) is 18.4 Å². The molecule has 1 saturated heterocycles. The van der Waals surface area contributed by atoms with Crippen LogP contribution in [-0.4, -0.2) is 56.9 Å². The summed E-state index contributed by atoms with van der Waals surface area (Å²) in [7, 11) is 0. The second-order valence-corrected chi connectivity index (χ2v) is 5.49. The van der Waals surface area contributed by atoms with E-state index in [1.165, 1.54) is 12.3 Å². The van der Waals surface area contributed by atoms with Crippen molar-refractivity contribution in [3.8, 4) is 5.88 Å². The van der Waals surface area contributed by atoms with Gasteiger partial charge in [0.15, 0.2) is 6.61 Å². The fourth-order valence-corrected chi connectivity index (χ4v) is 2.70. The van der Waals surface area contributed by atoms with Crippen molar-refractivity contribution >= 4 is 5.91 Å². The van der Waals surface area contributed by atoms with Crippen molar-refractivity contribution in [3.05, 3.63) is 36.3 Å². The van der Waals surface area contributed by atoms with Crippen LogP contribution in [0.4, 0.5) is 8.78 Å². The Hall–Kier alpha value is -2.58. The normalized spacial score (nSPS) is 15.7. The highest BCUT2D eigenvalue weighted by atomic mass is 19.3. The maximum atomic E-state index is 12.5. The van der Waals surface area contributed by atoms with E-state index in [0.29, 0.717) is 18.7 Å². The van der Waals surface area contributed by atoms with Crippen LogP contribution in [0.1, 0.15) is 29.2 Å². The molecule has 24 heavy (non-hydrogen) atoms. The van der Waals surface area contributed by atoms with E-state index >= 15 is 0 Å². The average molecular weight is 337 g/mol. The number of halogens is 2. The molecule has 1 aliphatic rings. The van der Waals surface area contributed by atoms with Gasteiger partial charge in [0.2, 0.25) is 5.88 Å². The molecule has 1 fully saturated rings. The minimum absolute atomic E-state index is 0.0265. The van der Waals surface area contributed by atoms with Crippen LogP contribution in [0.5, 0.6) is 5.88 Å². The van der Waals surface area contributed by atoms with Gasteiger partial charge in [0, 0.05) is 37.1 Å². The Bertz CT molecular complexity index is 672. The summed E-state index contributed by atoms with van der Waals surface area (Å²) >= 11 is 0. The standard InChI is InChI=1S/C15H17F2N5O2/c16-13(17)10-24-14-9-11(1-4-18-14)15(23)21-6-2-12(3-7-21)22-8-5-19-20-22/h1,4-5,8-9,12-13H,2-3,6-7,10H2. The first-order chi connectivity index (χ1) is 11.6. The van der Waals surface area contributed by atoms with Crippen LogP contribution >= 0.6 is 0 Å². The van der Waals surface area contributed by atoms with Crippen LogP contribution in [0.2, 0.25) is 0 Å². The number of alkyl halides is 2. The van der Waals surface area contributed by atoms with Crippen molar-refractivity contribution in [2.24, 2.45) is 0 Å². The lowest BCUT2D eigenvalue weighted by atomic mass is 10.0. The van der Waals surface area contributed by atoms with Gasteiger partial charge in [-0.05, 0) is 18.9 Å². The highest BCUT2D eigenvalue weighted by Crippen LogP contribution is 2.23. The molecule has 1 amide bonds. The van der Waals surface area contributed by atoms with Gasteiger partial charge >= 0.3 is 0 Å². The van der Waals surface area contributed by atoms with Gasteiger partial charge in [0.05, 0.1) is 12.2 Å². The molecule has 7 nitrogen and oxygen atoms in total. The summed E-state index contributed by atoms with van der Waals surface area (Å²) in [4.78, 5) is 18.1. The average Bonchev–Trinajstić information content (AvgIpc) is 3.14. The fraction of sp³-hybridized carbons (Fsp3) is 0.467. The summed E-state index contributed by atoms with van der Waals surface area (Å²) < 4.78 is 31.0. The molecule has 9 heteroatoms. The topological polar surface area (TPSA) is 73.1 Å². The predicted molar refractivity (Wildman–Crippen MR) is 79.9 cm³/mol. The summed E-state index contributed by atoms with van der Waals surface area (Å²) in [5.41, 5.74) is 0.383. The number of piperidine rings is 1. The van der Waals surface area contributed by atoms with Gasteiger partial charge < -0.3 is 9.64 Å². The number of amides is 1. The number of carbonyl (C=O) groups is 1. The van der Waals surface area contributed by atoms with Gasteiger partial charge in [-0.15, -0.1) is 5.10 Å². The number of hydrogen-bond donors (Lipinski definition) is 0. The molecule has 0 aromatic carbocycles. The maximum Gasteiger partial charge on any atom is 0.272 e. The number of likely N-dealkylation sites (tertiary alicyclic amines) is 1. The number of hydrogen-bond acceptors (Lipinski definition) is 5. The van der Waals surface area contributed by atoms with Gasteiger partial charge in [0.25, 0.3) is 12.3 Å². The molecule has 0 radical (unpaired) electrons. The first-order valence-electron chi connectivity index (χ1n) is 7.65. The summed E-state index contributed by atoms with van der Waals surface area (Å²) in [6, 6.07) is 3.19. The van der Waals surface area contributed by atoms with E-state index in [1.807, 2.05) is 10.9 Å². The number of nitrogens with zero attached hydrogens (tertiary/aromatic N) is 5. The Kier molecular flexibility index (Phi) is 4.97. The molecule has 0 N–H and O–H groups in total. The molecule has 0 bridgehead atoms. The molecule has 0 saturated carbocycles. The van der Waals surface area contributed by atoms with E-state index in [4.69, 9.17) is 4.74 Å². The summed E-state index contributed by atoms with van der Waals surface area (Å²) in [6.45, 7) is 0.450. The van der Waals surface area contributed by atoms with Crippen molar-refractivity contribution in [1.82, 2.24) is 24.9 Å². The zero-order chi connectivity index (χ0) is 16.9. The number of pyridine rings is 1. The second kappa shape index (κ2) is 7.33. The molecular weight excluding hydrogens is 320 g/mol. The maximum absolute atomic E-state index is 12.5. The lowest BCUT2D eigenvalue weighted by molar-refractivity contribution is 0.0686. The first kappa shape index (κ1) is 16.3. The summed E-state index contributed by atoms with van der Waals surface area (Å²) in [6.07, 6.45) is 3.83. The number of carbonyl (C=O) groups excluding carboxylic acids is 1. The van der Waals surface area contributed by atoms with E-state index in [2.05, 4.69) is 15.3 Å². The molecule has 2 aromatic heterocycles. The Balaban J connectivity index is 1.60. The molecule has 3 rings (SSSR count). The van der Waals surface area contributed by atoms with Gasteiger partial charge in [-0.3, -0.25) is 4.79 Å². The predicted octanol–water partition coefficient (Wildman–Crippen LogP) is 1.79. The van der Waals surface area contributed by atoms with Crippen molar-refractivity contribution in [2.75, 3.05) is 19.7 Å². The van der Waals surface area contributed by atoms with Gasteiger partial charge in [0.1, 0.15) is 0 Å². The largest absolute Gasteiger partial charge is 0.472 e. The molecule has 1 aliphatic heterocycles. The minimum Gasteiger partial charge on any atom is -0.472 e. The highest BCUT2D eigenvalue weighted by Gasteiger charge is 2.25. The van der Waals surface area contributed by atoms with Crippen LogP contribution < -0.4 is 4.74 Å². The number of aromatic nitrogens is 4. The smallest absolute Gasteiger partial charge is 0.272 e. The van der Waals surface area contributed by atoms with E-state index in [-0.39, 0.29) is 17.8 Å². The van der Waals surface area contributed by atoms with Crippen LogP contribution in [0.25, 0.3) is 0 Å². The molecule has 0 unspecified atom stereocenters. The van der Waals surface area contributed by atoms with E-state index < -0.39 is 13.0 Å². The molecule has 0 aliphatic carbocycles. The van der Waals surface area contributed by atoms with Gasteiger partial charge in [-0.1, -0.05) is 5.21 Å². The Labute approximate surface area is 137 Å². The van der Waals surface area contributed by atoms with E-state index in [9.17, 15) is 13.6 Å². The van der Waals surface area contributed by atoms with Crippen LogP contribution in [0.15, 0.2) is 30.7 Å². The molecular formula is C15H17F2N5O2. The van der Waals surface area contributed by atoms with Gasteiger partial charge in [-0.2, -0.15) is 0 Å². The van der Waals surface area contributed by atoms with Crippen LogP contribution in [-0.2, 0) is 0 Å². The molecule has 2 aromatic rings. The molecule has 3 heterocycles. The Morgan fingerprint density at radius 2 is 2.12 bits per heavy atom. The van der Waals surface area contributed by atoms with E-state index in [0.717, 1.165) is 12.8 Å². The van der Waals surface area contributed by atoms with Crippen LogP contribution in [0.3, 0.4) is 0 Å². The lowest BCUT2D eigenvalue weighted by Gasteiger charge is -2.31. The third kappa shape index (κ3) is 3.84. The first-order valence-corrected chi connectivity index (χ1v) is 7.65. The molecule has 0 atom stereocenters. The van der Waals surface area contributed by atoms with Crippen LogP contribution in [0, 0.1) is 0 Å². The van der Waals surface area contributed by atoms with Crippen molar-refractivity contribution in [2.45, 2.75) is 25.3 Å². The fourth-order valence-electron chi connectivity index (χ4n) is 2.70. The van der Waals surface area contributed by atoms with Crippen molar-refractivity contribution in [1.29, 1.82) is 0 Å². The third-order valence-electron chi connectivity index (χ3n) is 3.91. The zero-order valence-electron chi connectivity index (χ0n) is 12.9. The molecule has 0 spiro atoms. The number of rotatable bonds is 5. The second-order valence-electron chi connectivity index (χ2n) is 5.49.